The molecule has 1 saturated heterocycles. The van der Waals surface area contributed by atoms with Crippen LogP contribution in [0.25, 0.3) is 10.6 Å². The van der Waals surface area contributed by atoms with Crippen molar-refractivity contribution in [2.75, 3.05) is 45.3 Å². The van der Waals surface area contributed by atoms with Gasteiger partial charge in [0, 0.05) is 32.2 Å². The van der Waals surface area contributed by atoms with Crippen molar-refractivity contribution in [2.45, 2.75) is 0 Å². The molecule has 2 aromatic heterocycles. The second kappa shape index (κ2) is 9.18. The Kier molecular flexibility index (Phi) is 6.17. The lowest BCUT2D eigenvalue weighted by molar-refractivity contribution is -0.385. The molecule has 0 spiro atoms. The van der Waals surface area contributed by atoms with Crippen LogP contribution >= 0.6 is 11.3 Å². The average Bonchev–Trinajstić information content (AvgIpc) is 3.38. The van der Waals surface area contributed by atoms with Crippen LogP contribution in [0.15, 0.2) is 41.8 Å². The topological polar surface area (TPSA) is 111 Å². The van der Waals surface area contributed by atoms with Crippen LogP contribution in [-0.2, 0) is 0 Å². The number of benzene rings is 1. The largest absolute Gasteiger partial charge is 0.493 e. The SMILES string of the molecule is COc1cc(C(=O)N2CCN(c3ccc(-c4cccs4)nn3)CC2)c([N+](=O)[O-])cc1OC. The molecule has 1 amide bonds. The number of aromatic nitrogens is 2. The summed E-state index contributed by atoms with van der Waals surface area (Å²) in [5.41, 5.74) is 0.477. The number of nitrogens with zero attached hydrogens (tertiary/aromatic N) is 5. The van der Waals surface area contributed by atoms with E-state index in [0.29, 0.717) is 26.2 Å². The van der Waals surface area contributed by atoms with Gasteiger partial charge in [0.1, 0.15) is 11.3 Å². The molecule has 0 aliphatic carbocycles. The van der Waals surface area contributed by atoms with Gasteiger partial charge in [-0.1, -0.05) is 6.07 Å². The van der Waals surface area contributed by atoms with Gasteiger partial charge in [-0.3, -0.25) is 14.9 Å². The van der Waals surface area contributed by atoms with Gasteiger partial charge in [0.2, 0.25) is 0 Å². The van der Waals surface area contributed by atoms with Gasteiger partial charge in [0.05, 0.1) is 30.1 Å². The molecule has 166 valence electrons. The van der Waals surface area contributed by atoms with Crippen LogP contribution < -0.4 is 14.4 Å². The van der Waals surface area contributed by atoms with Crippen molar-refractivity contribution in [3.63, 3.8) is 0 Å². The number of hydrogen-bond donors (Lipinski definition) is 0. The fourth-order valence-electron chi connectivity index (χ4n) is 3.55. The highest BCUT2D eigenvalue weighted by Crippen LogP contribution is 2.35. The molecule has 1 aromatic carbocycles. The molecule has 0 atom stereocenters. The molecular weight excluding hydrogens is 434 g/mol. The molecular formula is C21H21N5O5S. The first-order valence-corrected chi connectivity index (χ1v) is 10.7. The van der Waals surface area contributed by atoms with Crippen LogP contribution in [0.1, 0.15) is 10.4 Å². The van der Waals surface area contributed by atoms with Gasteiger partial charge in [0.15, 0.2) is 17.3 Å². The van der Waals surface area contributed by atoms with E-state index in [0.717, 1.165) is 16.4 Å². The minimum atomic E-state index is -0.587. The summed E-state index contributed by atoms with van der Waals surface area (Å²) in [7, 11) is 2.81. The highest BCUT2D eigenvalue weighted by atomic mass is 32.1. The van der Waals surface area contributed by atoms with E-state index >= 15 is 0 Å². The molecule has 0 saturated carbocycles. The zero-order valence-corrected chi connectivity index (χ0v) is 18.4. The number of anilines is 1. The second-order valence-corrected chi connectivity index (χ2v) is 7.96. The minimum Gasteiger partial charge on any atom is -0.493 e. The second-order valence-electron chi connectivity index (χ2n) is 7.01. The lowest BCUT2D eigenvalue weighted by Gasteiger charge is -2.35. The van der Waals surface area contributed by atoms with E-state index in [-0.39, 0.29) is 22.7 Å². The molecule has 32 heavy (non-hydrogen) atoms. The average molecular weight is 455 g/mol. The molecule has 1 fully saturated rings. The van der Waals surface area contributed by atoms with Crippen LogP contribution in [0.2, 0.25) is 0 Å². The first-order chi connectivity index (χ1) is 15.5. The predicted octanol–water partition coefficient (Wildman–Crippen LogP) is 3.09. The standard InChI is InChI=1S/C21H21N5O5S/c1-30-17-12-14(16(26(28)29)13-18(17)31-2)21(27)25-9-7-24(8-10-25)20-6-5-15(22-23-20)19-4-3-11-32-19/h3-6,11-13H,7-10H2,1-2H3. The Morgan fingerprint density at radius 1 is 1.06 bits per heavy atom. The molecule has 0 unspecified atom stereocenters. The van der Waals surface area contributed by atoms with Gasteiger partial charge in [-0.15, -0.1) is 21.5 Å². The first kappa shape index (κ1) is 21.5. The summed E-state index contributed by atoms with van der Waals surface area (Å²) in [5.74, 6) is 0.775. The van der Waals surface area contributed by atoms with E-state index in [2.05, 4.69) is 10.2 Å². The number of ether oxygens (including phenoxy) is 2. The monoisotopic (exact) mass is 455 g/mol. The summed E-state index contributed by atoms with van der Waals surface area (Å²) in [6.45, 7) is 1.89. The molecule has 1 aliphatic rings. The van der Waals surface area contributed by atoms with Crippen LogP contribution in [-0.4, -0.2) is 66.3 Å². The molecule has 3 aromatic rings. The molecule has 3 heterocycles. The number of carbonyl (C=O) groups is 1. The van der Waals surface area contributed by atoms with Crippen molar-refractivity contribution in [2.24, 2.45) is 0 Å². The van der Waals surface area contributed by atoms with Crippen LogP contribution in [0.4, 0.5) is 11.5 Å². The van der Waals surface area contributed by atoms with E-state index in [1.807, 2.05) is 34.5 Å². The van der Waals surface area contributed by atoms with Crippen molar-refractivity contribution < 1.29 is 19.2 Å². The van der Waals surface area contributed by atoms with E-state index in [4.69, 9.17) is 9.47 Å². The number of rotatable bonds is 6. The fraction of sp³-hybridized carbons (Fsp3) is 0.286. The number of nitro groups is 1. The normalized spacial score (nSPS) is 13.7. The molecule has 0 bridgehead atoms. The molecule has 4 rings (SSSR count). The van der Waals surface area contributed by atoms with E-state index in [9.17, 15) is 14.9 Å². The Balaban J connectivity index is 1.47. The van der Waals surface area contributed by atoms with Crippen LogP contribution in [0.5, 0.6) is 11.5 Å². The number of methoxy groups -OCH3 is 2. The summed E-state index contributed by atoms with van der Waals surface area (Å²) in [6, 6.07) is 10.4. The quantitative estimate of drug-likeness (QED) is 0.412. The van der Waals surface area contributed by atoms with Crippen LogP contribution in [0.3, 0.4) is 0 Å². The third-order valence-electron chi connectivity index (χ3n) is 5.24. The van der Waals surface area contributed by atoms with Gasteiger partial charge in [-0.2, -0.15) is 0 Å². The summed E-state index contributed by atoms with van der Waals surface area (Å²) in [4.78, 5) is 28.7. The van der Waals surface area contributed by atoms with E-state index < -0.39 is 10.8 Å². The molecule has 0 radical (unpaired) electrons. The van der Waals surface area contributed by atoms with Gasteiger partial charge >= 0.3 is 0 Å². The molecule has 0 N–H and O–H groups in total. The number of amides is 1. The van der Waals surface area contributed by atoms with Crippen molar-refractivity contribution in [1.82, 2.24) is 15.1 Å². The highest BCUT2D eigenvalue weighted by Gasteiger charge is 2.30. The third kappa shape index (κ3) is 4.19. The number of piperazine rings is 1. The number of carbonyl (C=O) groups excluding carboxylic acids is 1. The minimum absolute atomic E-state index is 0.0267. The lowest BCUT2D eigenvalue weighted by Crippen LogP contribution is -2.49. The van der Waals surface area contributed by atoms with Crippen molar-refractivity contribution in [3.8, 4) is 22.1 Å². The Hall–Kier alpha value is -3.73. The zero-order valence-electron chi connectivity index (χ0n) is 17.6. The Bertz CT molecular complexity index is 1110. The van der Waals surface area contributed by atoms with Crippen molar-refractivity contribution >= 4 is 28.7 Å². The Labute approximate surface area is 188 Å². The van der Waals surface area contributed by atoms with E-state index in [1.165, 1.54) is 26.4 Å². The summed E-state index contributed by atoms with van der Waals surface area (Å²) < 4.78 is 10.3. The summed E-state index contributed by atoms with van der Waals surface area (Å²) in [5, 5.41) is 22.2. The number of thiophene rings is 1. The molecule has 1 aliphatic heterocycles. The first-order valence-electron chi connectivity index (χ1n) is 9.84. The van der Waals surface area contributed by atoms with Crippen LogP contribution in [0, 0.1) is 10.1 Å². The van der Waals surface area contributed by atoms with Crippen molar-refractivity contribution in [1.29, 1.82) is 0 Å². The smallest absolute Gasteiger partial charge is 0.286 e. The van der Waals surface area contributed by atoms with Gasteiger partial charge < -0.3 is 19.3 Å². The zero-order chi connectivity index (χ0) is 22.7. The predicted molar refractivity (Wildman–Crippen MR) is 120 cm³/mol. The van der Waals surface area contributed by atoms with Gasteiger partial charge in [-0.05, 0) is 23.6 Å². The molecule has 10 nitrogen and oxygen atoms in total. The maximum atomic E-state index is 13.1. The van der Waals surface area contributed by atoms with Gasteiger partial charge in [-0.25, -0.2) is 0 Å². The lowest BCUT2D eigenvalue weighted by atomic mass is 10.1. The Morgan fingerprint density at radius 3 is 2.34 bits per heavy atom. The number of nitro benzene ring substituents is 1. The summed E-state index contributed by atoms with van der Waals surface area (Å²) >= 11 is 1.60. The van der Waals surface area contributed by atoms with Crippen molar-refractivity contribution in [3.05, 3.63) is 57.5 Å². The maximum absolute atomic E-state index is 13.1. The summed E-state index contributed by atoms with van der Waals surface area (Å²) in [6.07, 6.45) is 0. The van der Waals surface area contributed by atoms with Gasteiger partial charge in [0.25, 0.3) is 11.6 Å². The molecule has 11 heteroatoms. The fourth-order valence-corrected chi connectivity index (χ4v) is 4.24. The maximum Gasteiger partial charge on any atom is 0.286 e. The van der Waals surface area contributed by atoms with E-state index in [1.54, 1.807) is 16.2 Å². The highest BCUT2D eigenvalue weighted by molar-refractivity contribution is 7.13. The Morgan fingerprint density at radius 2 is 1.78 bits per heavy atom. The third-order valence-corrected chi connectivity index (χ3v) is 6.14. The number of hydrogen-bond acceptors (Lipinski definition) is 9.